The molecule has 2 aromatic rings. The van der Waals surface area contributed by atoms with Gasteiger partial charge in [0.05, 0.1) is 0 Å². The van der Waals surface area contributed by atoms with E-state index in [4.69, 9.17) is 5.73 Å². The van der Waals surface area contributed by atoms with Gasteiger partial charge in [0.2, 0.25) is 0 Å². The third kappa shape index (κ3) is 1.23. The normalized spacial score (nSPS) is 14.1. The summed E-state index contributed by atoms with van der Waals surface area (Å²) in [6.45, 7) is 0. The van der Waals surface area contributed by atoms with Crippen LogP contribution >= 0.6 is 0 Å². The van der Waals surface area contributed by atoms with Crippen molar-refractivity contribution in [3.8, 4) is 0 Å². The van der Waals surface area contributed by atoms with E-state index in [1.807, 2.05) is 0 Å². The van der Waals surface area contributed by atoms with Crippen LogP contribution in [-0.2, 0) is 6.42 Å². The summed E-state index contributed by atoms with van der Waals surface area (Å²) in [6.07, 6.45) is 6.61. The molecule has 2 N–H and O–H groups in total. The first-order chi connectivity index (χ1) is 7.36. The van der Waals surface area contributed by atoms with E-state index in [2.05, 4.69) is 42.5 Å². The number of allylic oxidation sites excluding steroid dienone is 1. The van der Waals surface area contributed by atoms with Crippen molar-refractivity contribution in [2.24, 2.45) is 0 Å². The van der Waals surface area contributed by atoms with Crippen molar-refractivity contribution in [3.63, 3.8) is 0 Å². The van der Waals surface area contributed by atoms with E-state index in [1.54, 1.807) is 0 Å². The minimum Gasteiger partial charge on any atom is -0.398 e. The maximum Gasteiger partial charge on any atom is 0.0359 e. The maximum atomic E-state index is 6.07. The van der Waals surface area contributed by atoms with Crippen LogP contribution in [0.1, 0.15) is 17.5 Å². The fourth-order valence-corrected chi connectivity index (χ4v) is 2.34. The fraction of sp³-hybridized carbons (Fsp3) is 0.143. The van der Waals surface area contributed by atoms with Crippen LogP contribution in [-0.4, -0.2) is 0 Å². The quantitative estimate of drug-likeness (QED) is 0.641. The molecule has 0 aliphatic heterocycles. The van der Waals surface area contributed by atoms with E-state index in [9.17, 15) is 0 Å². The summed E-state index contributed by atoms with van der Waals surface area (Å²) in [7, 11) is 0. The molecular formula is C14H13N. The van der Waals surface area contributed by atoms with Crippen LogP contribution in [0.2, 0.25) is 0 Å². The third-order valence-electron chi connectivity index (χ3n) is 3.08. The van der Waals surface area contributed by atoms with Crippen molar-refractivity contribution in [1.29, 1.82) is 0 Å². The first-order valence-corrected chi connectivity index (χ1v) is 5.33. The van der Waals surface area contributed by atoms with E-state index in [0.717, 1.165) is 18.5 Å². The first kappa shape index (κ1) is 8.54. The van der Waals surface area contributed by atoms with E-state index >= 15 is 0 Å². The molecule has 0 spiro atoms. The van der Waals surface area contributed by atoms with Gasteiger partial charge in [0.25, 0.3) is 0 Å². The molecule has 2 aromatic carbocycles. The van der Waals surface area contributed by atoms with Crippen LogP contribution in [0.4, 0.5) is 5.69 Å². The molecule has 0 aromatic heterocycles. The Morgan fingerprint density at radius 2 is 2.00 bits per heavy atom. The molecular weight excluding hydrogens is 182 g/mol. The molecule has 0 atom stereocenters. The predicted molar refractivity (Wildman–Crippen MR) is 65.7 cm³/mol. The van der Waals surface area contributed by atoms with E-state index in [-0.39, 0.29) is 0 Å². The summed E-state index contributed by atoms with van der Waals surface area (Å²) in [5.74, 6) is 0. The summed E-state index contributed by atoms with van der Waals surface area (Å²) in [5, 5.41) is 2.55. The van der Waals surface area contributed by atoms with Gasteiger partial charge < -0.3 is 5.73 Å². The van der Waals surface area contributed by atoms with Crippen molar-refractivity contribution in [1.82, 2.24) is 0 Å². The lowest BCUT2D eigenvalue weighted by molar-refractivity contribution is 0.993. The molecule has 0 radical (unpaired) electrons. The van der Waals surface area contributed by atoms with Crippen LogP contribution in [0, 0.1) is 0 Å². The second-order valence-corrected chi connectivity index (χ2v) is 4.02. The van der Waals surface area contributed by atoms with E-state index < -0.39 is 0 Å². The molecule has 1 aliphatic carbocycles. The summed E-state index contributed by atoms with van der Waals surface area (Å²) < 4.78 is 0. The van der Waals surface area contributed by atoms with Crippen LogP contribution in [0.15, 0.2) is 36.4 Å². The Hall–Kier alpha value is -1.76. The maximum absolute atomic E-state index is 6.07. The second-order valence-electron chi connectivity index (χ2n) is 4.02. The Morgan fingerprint density at radius 1 is 1.13 bits per heavy atom. The monoisotopic (exact) mass is 195 g/mol. The largest absolute Gasteiger partial charge is 0.398 e. The summed E-state index contributed by atoms with van der Waals surface area (Å²) in [4.78, 5) is 0. The highest BCUT2D eigenvalue weighted by Crippen LogP contribution is 2.32. The van der Waals surface area contributed by atoms with Crippen LogP contribution in [0.5, 0.6) is 0 Å². The summed E-state index contributed by atoms with van der Waals surface area (Å²) in [6, 6.07) is 10.5. The molecule has 0 fully saturated rings. The van der Waals surface area contributed by atoms with Crippen molar-refractivity contribution in [3.05, 3.63) is 47.5 Å². The average molecular weight is 195 g/mol. The van der Waals surface area contributed by atoms with Gasteiger partial charge in [0, 0.05) is 5.69 Å². The Labute approximate surface area is 89.2 Å². The molecule has 0 heterocycles. The smallest absolute Gasteiger partial charge is 0.0359 e. The van der Waals surface area contributed by atoms with Crippen LogP contribution in [0.25, 0.3) is 16.8 Å². The minimum absolute atomic E-state index is 0.938. The standard InChI is InChI=1S/C14H13N/c15-14-9-10-5-1-2-6-11(10)12-7-3-4-8-13(12)14/h1-3,5-7,9H,4,8,15H2. The Bertz CT molecular complexity index is 553. The van der Waals surface area contributed by atoms with Crippen molar-refractivity contribution >= 4 is 22.5 Å². The highest BCUT2D eigenvalue weighted by Gasteiger charge is 2.11. The van der Waals surface area contributed by atoms with Gasteiger partial charge in [0.15, 0.2) is 0 Å². The lowest BCUT2D eigenvalue weighted by Gasteiger charge is -2.15. The lowest BCUT2D eigenvalue weighted by Crippen LogP contribution is -2.01. The molecule has 0 saturated heterocycles. The molecule has 15 heavy (non-hydrogen) atoms. The van der Waals surface area contributed by atoms with Gasteiger partial charge in [0.1, 0.15) is 0 Å². The predicted octanol–water partition coefficient (Wildman–Crippen LogP) is 3.38. The van der Waals surface area contributed by atoms with E-state index in [1.165, 1.54) is 21.9 Å². The highest BCUT2D eigenvalue weighted by molar-refractivity contribution is 5.95. The molecule has 0 amide bonds. The van der Waals surface area contributed by atoms with Crippen LogP contribution in [0.3, 0.4) is 0 Å². The van der Waals surface area contributed by atoms with Gasteiger partial charge in [-0.05, 0) is 40.8 Å². The number of rotatable bonds is 0. The number of nitrogen functional groups attached to an aromatic ring is 1. The SMILES string of the molecule is Nc1cc2ccccc2c2c1CCC=C2. The van der Waals surface area contributed by atoms with Gasteiger partial charge in [-0.2, -0.15) is 0 Å². The number of hydrogen-bond donors (Lipinski definition) is 1. The third-order valence-corrected chi connectivity index (χ3v) is 3.08. The molecule has 1 heteroatoms. The molecule has 74 valence electrons. The molecule has 0 saturated carbocycles. The van der Waals surface area contributed by atoms with Gasteiger partial charge >= 0.3 is 0 Å². The van der Waals surface area contributed by atoms with Gasteiger partial charge in [-0.25, -0.2) is 0 Å². The Kier molecular flexibility index (Phi) is 1.78. The Balaban J connectivity index is 2.46. The zero-order valence-corrected chi connectivity index (χ0v) is 8.53. The van der Waals surface area contributed by atoms with Crippen molar-refractivity contribution < 1.29 is 0 Å². The summed E-state index contributed by atoms with van der Waals surface area (Å²) >= 11 is 0. The fourth-order valence-electron chi connectivity index (χ4n) is 2.34. The average Bonchev–Trinajstić information content (AvgIpc) is 2.30. The highest BCUT2D eigenvalue weighted by atomic mass is 14.6. The van der Waals surface area contributed by atoms with Gasteiger partial charge in [-0.1, -0.05) is 36.4 Å². The van der Waals surface area contributed by atoms with E-state index in [0.29, 0.717) is 0 Å². The number of anilines is 1. The topological polar surface area (TPSA) is 26.0 Å². The molecule has 3 rings (SSSR count). The molecule has 1 aliphatic rings. The number of benzene rings is 2. The van der Waals surface area contributed by atoms with Gasteiger partial charge in [-0.3, -0.25) is 0 Å². The number of nitrogens with two attached hydrogens (primary N) is 1. The number of hydrogen-bond acceptors (Lipinski definition) is 1. The minimum atomic E-state index is 0.938. The number of fused-ring (bicyclic) bond motifs is 3. The lowest BCUT2D eigenvalue weighted by atomic mass is 9.91. The first-order valence-electron chi connectivity index (χ1n) is 5.33. The molecule has 0 unspecified atom stereocenters. The zero-order valence-electron chi connectivity index (χ0n) is 8.53. The summed E-state index contributed by atoms with van der Waals surface area (Å²) in [5.41, 5.74) is 9.64. The van der Waals surface area contributed by atoms with Gasteiger partial charge in [-0.15, -0.1) is 0 Å². The molecule has 1 nitrogen and oxygen atoms in total. The zero-order chi connectivity index (χ0) is 10.3. The van der Waals surface area contributed by atoms with Crippen LogP contribution < -0.4 is 5.73 Å². The second kappa shape index (κ2) is 3.13. The van der Waals surface area contributed by atoms with Crippen molar-refractivity contribution in [2.75, 3.05) is 5.73 Å². The van der Waals surface area contributed by atoms with Crippen molar-refractivity contribution in [2.45, 2.75) is 12.8 Å². The Morgan fingerprint density at radius 3 is 2.93 bits per heavy atom. The molecule has 0 bridgehead atoms.